The zero-order valence-corrected chi connectivity index (χ0v) is 9.38. The molecule has 82 valence electrons. The molecular weight excluding hydrogens is 193 g/mol. The van der Waals surface area contributed by atoms with Gasteiger partial charge in [0.15, 0.2) is 0 Å². The number of ether oxygens (including phenoxy) is 1. The van der Waals surface area contributed by atoms with Gasteiger partial charge < -0.3 is 4.74 Å². The van der Waals surface area contributed by atoms with Crippen LogP contribution in [-0.4, -0.2) is 17.8 Å². The van der Waals surface area contributed by atoms with Crippen LogP contribution in [0.5, 0.6) is 5.75 Å². The quantitative estimate of drug-likeness (QED) is 0.760. The molecule has 1 aromatic heterocycles. The van der Waals surface area contributed by atoms with Gasteiger partial charge in [0.05, 0.1) is 11.9 Å². The fourth-order valence-corrected chi connectivity index (χ4v) is 1.29. The van der Waals surface area contributed by atoms with Gasteiger partial charge in [-0.25, -0.2) is 4.39 Å². The molecule has 0 aliphatic heterocycles. The summed E-state index contributed by atoms with van der Waals surface area (Å²) in [4.78, 5) is 4.21. The van der Waals surface area contributed by atoms with E-state index in [1.165, 1.54) is 6.92 Å². The first-order valence-electron chi connectivity index (χ1n) is 4.90. The molecule has 0 amide bonds. The minimum absolute atomic E-state index is 0.0630. The van der Waals surface area contributed by atoms with E-state index in [4.69, 9.17) is 4.74 Å². The molecule has 0 saturated heterocycles. The molecule has 1 unspecified atom stereocenters. The van der Waals surface area contributed by atoms with Crippen molar-refractivity contribution < 1.29 is 9.13 Å². The number of nitrogens with zero attached hydrogens (tertiary/aromatic N) is 1. The van der Waals surface area contributed by atoms with Gasteiger partial charge in [-0.05, 0) is 38.0 Å². The number of rotatable bonds is 4. The highest BCUT2D eigenvalue weighted by Crippen LogP contribution is 2.19. The summed E-state index contributed by atoms with van der Waals surface area (Å²) in [7, 11) is 0. The van der Waals surface area contributed by atoms with Gasteiger partial charge >= 0.3 is 0 Å². The number of hydrogen-bond acceptors (Lipinski definition) is 2. The van der Waals surface area contributed by atoms with E-state index in [0.29, 0.717) is 5.75 Å². The summed E-state index contributed by atoms with van der Waals surface area (Å²) >= 11 is 0. The molecule has 2 nitrogen and oxygen atoms in total. The number of allylic oxidation sites excluding steroid dienone is 1. The number of hydrogen-bond donors (Lipinski definition) is 0. The monoisotopic (exact) mass is 209 g/mol. The predicted molar refractivity (Wildman–Crippen MR) is 59.7 cm³/mol. The highest BCUT2D eigenvalue weighted by Gasteiger charge is 2.04. The third kappa shape index (κ3) is 3.35. The third-order valence-corrected chi connectivity index (χ3v) is 1.94. The fraction of sp³-hybridized carbons (Fsp3) is 0.417. The van der Waals surface area contributed by atoms with Crippen molar-refractivity contribution in [1.82, 2.24) is 4.98 Å². The molecule has 3 heteroatoms. The Labute approximate surface area is 89.8 Å². The van der Waals surface area contributed by atoms with Crippen molar-refractivity contribution >= 4 is 5.57 Å². The van der Waals surface area contributed by atoms with E-state index in [-0.39, 0.29) is 6.61 Å². The molecule has 1 rings (SSSR count). The largest absolute Gasteiger partial charge is 0.489 e. The van der Waals surface area contributed by atoms with Crippen LogP contribution in [-0.2, 0) is 0 Å². The van der Waals surface area contributed by atoms with Crippen molar-refractivity contribution in [2.45, 2.75) is 26.9 Å². The molecule has 0 spiro atoms. The van der Waals surface area contributed by atoms with E-state index in [1.54, 1.807) is 6.20 Å². The molecule has 0 radical (unpaired) electrons. The zero-order chi connectivity index (χ0) is 11.4. The molecule has 0 fully saturated rings. The summed E-state index contributed by atoms with van der Waals surface area (Å²) < 4.78 is 17.8. The summed E-state index contributed by atoms with van der Waals surface area (Å²) in [6.45, 7) is 9.19. The van der Waals surface area contributed by atoms with Crippen molar-refractivity contribution in [3.8, 4) is 5.75 Å². The highest BCUT2D eigenvalue weighted by molar-refractivity contribution is 5.61. The molecule has 1 heterocycles. The lowest BCUT2D eigenvalue weighted by Gasteiger charge is -2.09. The average molecular weight is 209 g/mol. The van der Waals surface area contributed by atoms with Crippen molar-refractivity contribution in [2.75, 3.05) is 6.61 Å². The topological polar surface area (TPSA) is 22.1 Å². The van der Waals surface area contributed by atoms with Crippen LogP contribution in [0.3, 0.4) is 0 Å². The molecule has 15 heavy (non-hydrogen) atoms. The number of aromatic nitrogens is 1. The van der Waals surface area contributed by atoms with Crippen LogP contribution in [0.1, 0.15) is 25.1 Å². The summed E-state index contributed by atoms with van der Waals surface area (Å²) in [6.07, 6.45) is 0.630. The molecule has 0 aliphatic carbocycles. The first-order valence-corrected chi connectivity index (χ1v) is 4.90. The summed E-state index contributed by atoms with van der Waals surface area (Å²) in [6, 6.07) is 1.85. The van der Waals surface area contributed by atoms with E-state index in [9.17, 15) is 4.39 Å². The van der Waals surface area contributed by atoms with Crippen molar-refractivity contribution in [2.24, 2.45) is 0 Å². The SMILES string of the molecule is C=C(C)c1ncc(OCC(C)F)cc1C. The highest BCUT2D eigenvalue weighted by atomic mass is 19.1. The van der Waals surface area contributed by atoms with Crippen molar-refractivity contribution in [3.63, 3.8) is 0 Å². The summed E-state index contributed by atoms with van der Waals surface area (Å²) in [5, 5.41) is 0. The molecule has 1 aromatic rings. The second kappa shape index (κ2) is 4.91. The lowest BCUT2D eigenvalue weighted by atomic mass is 10.1. The molecular formula is C12H16FNO. The molecule has 1 atom stereocenters. The zero-order valence-electron chi connectivity index (χ0n) is 9.38. The van der Waals surface area contributed by atoms with Crippen LogP contribution in [0, 0.1) is 6.92 Å². The summed E-state index contributed by atoms with van der Waals surface area (Å²) in [5.41, 5.74) is 2.78. The number of halogens is 1. The minimum atomic E-state index is -0.967. The van der Waals surface area contributed by atoms with E-state index < -0.39 is 6.17 Å². The lowest BCUT2D eigenvalue weighted by Crippen LogP contribution is -2.08. The van der Waals surface area contributed by atoms with E-state index in [2.05, 4.69) is 11.6 Å². The second-order valence-corrected chi connectivity index (χ2v) is 3.71. The maximum Gasteiger partial charge on any atom is 0.138 e. The van der Waals surface area contributed by atoms with E-state index in [0.717, 1.165) is 16.8 Å². The molecule has 0 N–H and O–H groups in total. The van der Waals surface area contributed by atoms with E-state index >= 15 is 0 Å². The van der Waals surface area contributed by atoms with Gasteiger partial charge in [-0.15, -0.1) is 0 Å². The lowest BCUT2D eigenvalue weighted by molar-refractivity contribution is 0.209. The number of alkyl halides is 1. The first-order chi connectivity index (χ1) is 7.00. The van der Waals surface area contributed by atoms with Crippen LogP contribution >= 0.6 is 0 Å². The maximum absolute atomic E-state index is 12.5. The first kappa shape index (κ1) is 11.7. The van der Waals surface area contributed by atoms with Gasteiger partial charge in [-0.3, -0.25) is 4.98 Å². The fourth-order valence-electron chi connectivity index (χ4n) is 1.29. The third-order valence-electron chi connectivity index (χ3n) is 1.94. The number of pyridine rings is 1. The van der Waals surface area contributed by atoms with E-state index in [1.807, 2.05) is 19.9 Å². The Balaban J connectivity index is 2.78. The average Bonchev–Trinajstić information content (AvgIpc) is 2.14. The Kier molecular flexibility index (Phi) is 3.83. The van der Waals surface area contributed by atoms with Gasteiger partial charge in [0.2, 0.25) is 0 Å². The Morgan fingerprint density at radius 1 is 1.67 bits per heavy atom. The van der Waals surface area contributed by atoms with Crippen LogP contribution in [0.4, 0.5) is 4.39 Å². The van der Waals surface area contributed by atoms with Crippen LogP contribution in [0.25, 0.3) is 5.57 Å². The molecule has 0 aromatic carbocycles. The van der Waals surface area contributed by atoms with Gasteiger partial charge in [-0.1, -0.05) is 6.58 Å². The van der Waals surface area contributed by atoms with Gasteiger partial charge in [-0.2, -0.15) is 0 Å². The van der Waals surface area contributed by atoms with Crippen molar-refractivity contribution in [1.29, 1.82) is 0 Å². The molecule has 0 aliphatic rings. The maximum atomic E-state index is 12.5. The Morgan fingerprint density at radius 3 is 2.80 bits per heavy atom. The smallest absolute Gasteiger partial charge is 0.138 e. The van der Waals surface area contributed by atoms with Crippen LogP contribution < -0.4 is 4.74 Å². The van der Waals surface area contributed by atoms with Gasteiger partial charge in [0.25, 0.3) is 0 Å². The standard InChI is InChI=1S/C12H16FNO/c1-8(2)12-9(3)5-11(6-14-12)15-7-10(4)13/h5-6,10H,1,7H2,2-4H3. The van der Waals surface area contributed by atoms with Gasteiger partial charge in [0.1, 0.15) is 18.5 Å². The molecule has 0 bridgehead atoms. The predicted octanol–water partition coefficient (Wildman–Crippen LogP) is 3.16. The normalized spacial score (nSPS) is 12.3. The van der Waals surface area contributed by atoms with Crippen molar-refractivity contribution in [3.05, 3.63) is 30.1 Å². The van der Waals surface area contributed by atoms with Crippen LogP contribution in [0.15, 0.2) is 18.8 Å². The number of aryl methyl sites for hydroxylation is 1. The Bertz CT molecular complexity index is 361. The minimum Gasteiger partial charge on any atom is -0.489 e. The Hall–Kier alpha value is -1.38. The van der Waals surface area contributed by atoms with Gasteiger partial charge in [0, 0.05) is 0 Å². The molecule has 0 saturated carbocycles. The second-order valence-electron chi connectivity index (χ2n) is 3.71. The Morgan fingerprint density at radius 2 is 2.33 bits per heavy atom. The van der Waals surface area contributed by atoms with Crippen LogP contribution in [0.2, 0.25) is 0 Å². The summed E-state index contributed by atoms with van der Waals surface area (Å²) in [5.74, 6) is 0.599.